The molecule has 5 N–H and O–H groups in total. The van der Waals surface area contributed by atoms with Crippen molar-refractivity contribution < 1.29 is 22.0 Å². The number of hydrogen-bond acceptors (Lipinski definition) is 4. The third-order valence-corrected chi connectivity index (χ3v) is 4.18. The predicted octanol–water partition coefficient (Wildman–Crippen LogP) is 0.729. The summed E-state index contributed by atoms with van der Waals surface area (Å²) in [5.41, 5.74) is 4.87. The second-order valence-corrected chi connectivity index (χ2v) is 6.81. The Morgan fingerprint density at radius 1 is 1.43 bits per heavy atom. The minimum absolute atomic E-state index is 0.0683. The molecule has 10 heteroatoms. The molecule has 0 saturated heterocycles. The first kappa shape index (κ1) is 18.0. The molecule has 0 unspecified atom stereocenters. The van der Waals surface area contributed by atoms with E-state index in [1.54, 1.807) is 0 Å². The van der Waals surface area contributed by atoms with Crippen LogP contribution in [0.2, 0.25) is 0 Å². The Labute approximate surface area is 129 Å². The number of sulfonamides is 1. The van der Waals surface area contributed by atoms with Gasteiger partial charge in [-0.3, -0.25) is 4.79 Å². The number of benzene rings is 1. The molecule has 0 atom stereocenters. The van der Waals surface area contributed by atoms with Gasteiger partial charge in [0, 0.05) is 10.0 Å². The number of rotatable bonds is 5. The van der Waals surface area contributed by atoms with Crippen LogP contribution in [-0.4, -0.2) is 33.3 Å². The summed E-state index contributed by atoms with van der Waals surface area (Å²) in [6.07, 6.45) is 0. The van der Waals surface area contributed by atoms with Crippen LogP contribution in [0.5, 0.6) is 0 Å². The molecule has 1 rings (SSSR count). The van der Waals surface area contributed by atoms with Gasteiger partial charge in [-0.05, 0) is 24.6 Å². The topological polar surface area (TPSA) is 115 Å². The number of halogens is 3. The van der Waals surface area contributed by atoms with Crippen molar-refractivity contribution in [1.29, 1.82) is 0 Å². The van der Waals surface area contributed by atoms with E-state index in [1.807, 2.05) is 5.32 Å². The maximum absolute atomic E-state index is 13.0. The minimum Gasteiger partial charge on any atom is -0.346 e. The smallest absolute Gasteiger partial charge is 0.277 e. The Morgan fingerprint density at radius 3 is 2.48 bits per heavy atom. The van der Waals surface area contributed by atoms with Crippen molar-refractivity contribution in [3.63, 3.8) is 0 Å². The second kappa shape index (κ2) is 6.34. The first-order valence-corrected chi connectivity index (χ1v) is 8.01. The van der Waals surface area contributed by atoms with Gasteiger partial charge in [-0.2, -0.15) is 0 Å². The van der Waals surface area contributed by atoms with Gasteiger partial charge < -0.3 is 11.1 Å². The molecule has 0 aliphatic carbocycles. The molecule has 0 aromatic heterocycles. The third kappa shape index (κ3) is 4.70. The van der Waals surface area contributed by atoms with Crippen molar-refractivity contribution in [2.45, 2.75) is 17.7 Å². The lowest BCUT2D eigenvalue weighted by Crippen LogP contribution is -2.41. The molecule has 0 aliphatic rings. The van der Waals surface area contributed by atoms with E-state index in [1.165, 1.54) is 19.1 Å². The lowest BCUT2D eigenvalue weighted by molar-refractivity contribution is 0.0118. The summed E-state index contributed by atoms with van der Waals surface area (Å²) in [6.45, 7) is -0.492. The Hall–Kier alpha value is -1.10. The third-order valence-electron chi connectivity index (χ3n) is 2.68. The Morgan fingerprint density at radius 2 is 2.00 bits per heavy atom. The minimum atomic E-state index is -4.04. The summed E-state index contributed by atoms with van der Waals surface area (Å²) in [5, 5.41) is 7.05. The molecule has 21 heavy (non-hydrogen) atoms. The molecular weight excluding hydrogens is 372 g/mol. The van der Waals surface area contributed by atoms with Gasteiger partial charge in [0.05, 0.1) is 18.0 Å². The molecule has 0 radical (unpaired) electrons. The fourth-order valence-corrected chi connectivity index (χ4v) is 3.00. The molecule has 0 heterocycles. The number of alkyl halides is 2. The highest BCUT2D eigenvalue weighted by atomic mass is 79.9. The summed E-state index contributed by atoms with van der Waals surface area (Å²) in [5.74, 6) is -4.08. The van der Waals surface area contributed by atoms with Crippen LogP contribution in [0.15, 0.2) is 21.5 Å². The molecule has 0 saturated carbocycles. The van der Waals surface area contributed by atoms with Gasteiger partial charge in [-0.15, -0.1) is 0 Å². The van der Waals surface area contributed by atoms with Crippen LogP contribution >= 0.6 is 15.9 Å². The summed E-state index contributed by atoms with van der Waals surface area (Å²) < 4.78 is 49.2. The largest absolute Gasteiger partial charge is 0.346 e. The number of carbonyl (C=O) groups excluding carboxylic acids is 1. The SMILES string of the molecule is Cc1c(C(=O)NCC(F)(F)CN)cc(Br)cc1S(N)(=O)=O. The average Bonchev–Trinajstić information content (AvgIpc) is 2.37. The van der Waals surface area contributed by atoms with E-state index in [4.69, 9.17) is 10.9 Å². The van der Waals surface area contributed by atoms with Gasteiger partial charge >= 0.3 is 0 Å². The van der Waals surface area contributed by atoms with Gasteiger partial charge in [0.15, 0.2) is 0 Å². The summed E-state index contributed by atoms with van der Waals surface area (Å²) in [4.78, 5) is 11.7. The van der Waals surface area contributed by atoms with Crippen LogP contribution in [-0.2, 0) is 10.0 Å². The highest BCUT2D eigenvalue weighted by Gasteiger charge is 2.28. The van der Waals surface area contributed by atoms with Gasteiger partial charge in [-0.25, -0.2) is 22.3 Å². The van der Waals surface area contributed by atoms with E-state index in [0.29, 0.717) is 0 Å². The van der Waals surface area contributed by atoms with Crippen LogP contribution in [0.1, 0.15) is 15.9 Å². The zero-order chi connectivity index (χ0) is 16.4. The number of hydrogen-bond donors (Lipinski definition) is 3. The van der Waals surface area contributed by atoms with E-state index in [9.17, 15) is 22.0 Å². The van der Waals surface area contributed by atoms with E-state index >= 15 is 0 Å². The zero-order valence-electron chi connectivity index (χ0n) is 11.0. The van der Waals surface area contributed by atoms with Crippen molar-refractivity contribution >= 4 is 31.9 Å². The van der Waals surface area contributed by atoms with Gasteiger partial charge in [-0.1, -0.05) is 15.9 Å². The normalized spacial score (nSPS) is 12.3. The van der Waals surface area contributed by atoms with Gasteiger partial charge in [0.2, 0.25) is 10.0 Å². The van der Waals surface area contributed by atoms with Crippen molar-refractivity contribution in [2.75, 3.05) is 13.1 Å². The Kier molecular flexibility index (Phi) is 5.42. The predicted molar refractivity (Wildman–Crippen MR) is 76.6 cm³/mol. The van der Waals surface area contributed by atoms with Crippen molar-refractivity contribution in [2.24, 2.45) is 10.9 Å². The molecule has 0 fully saturated rings. The van der Waals surface area contributed by atoms with Crippen LogP contribution in [0.3, 0.4) is 0 Å². The molecule has 0 aliphatic heterocycles. The molecule has 1 aromatic rings. The standard InChI is InChI=1S/C11H14BrF2N3O3S/c1-6-8(10(18)17-5-11(13,14)4-15)2-7(12)3-9(6)21(16,19)20/h2-3H,4-5,15H2,1H3,(H,17,18)(H2,16,19,20). The summed E-state index contributed by atoms with van der Waals surface area (Å²) in [7, 11) is -4.04. The summed E-state index contributed by atoms with van der Waals surface area (Å²) >= 11 is 3.04. The monoisotopic (exact) mass is 385 g/mol. The fraction of sp³-hybridized carbons (Fsp3) is 0.364. The van der Waals surface area contributed by atoms with Crippen LogP contribution < -0.4 is 16.2 Å². The first-order chi connectivity index (χ1) is 9.48. The average molecular weight is 386 g/mol. The zero-order valence-corrected chi connectivity index (χ0v) is 13.4. The highest BCUT2D eigenvalue weighted by molar-refractivity contribution is 9.10. The van der Waals surface area contributed by atoms with Crippen LogP contribution in [0.4, 0.5) is 8.78 Å². The van der Waals surface area contributed by atoms with Crippen molar-refractivity contribution in [3.05, 3.63) is 27.7 Å². The van der Waals surface area contributed by atoms with Crippen LogP contribution in [0.25, 0.3) is 0 Å². The lowest BCUT2D eigenvalue weighted by Gasteiger charge is -2.16. The van der Waals surface area contributed by atoms with E-state index in [2.05, 4.69) is 15.9 Å². The summed E-state index contributed by atoms with van der Waals surface area (Å²) in [6, 6.07) is 2.55. The quantitative estimate of drug-likeness (QED) is 0.692. The molecule has 1 amide bonds. The molecular formula is C11H14BrF2N3O3S. The number of carbonyl (C=O) groups is 1. The van der Waals surface area contributed by atoms with E-state index < -0.39 is 34.9 Å². The second-order valence-electron chi connectivity index (χ2n) is 4.36. The maximum atomic E-state index is 13.0. The molecule has 6 nitrogen and oxygen atoms in total. The Bertz CT molecular complexity index is 665. The molecule has 1 aromatic carbocycles. The lowest BCUT2D eigenvalue weighted by atomic mass is 10.1. The van der Waals surface area contributed by atoms with Gasteiger partial charge in [0.1, 0.15) is 0 Å². The number of primary sulfonamides is 1. The van der Waals surface area contributed by atoms with E-state index in [-0.39, 0.29) is 20.5 Å². The van der Waals surface area contributed by atoms with Gasteiger partial charge in [0.25, 0.3) is 11.8 Å². The van der Waals surface area contributed by atoms with Crippen molar-refractivity contribution in [3.8, 4) is 0 Å². The number of nitrogens with two attached hydrogens (primary N) is 2. The Balaban J connectivity index is 3.14. The molecule has 0 bridgehead atoms. The number of amides is 1. The number of nitrogens with one attached hydrogen (secondary N) is 1. The highest BCUT2D eigenvalue weighted by Crippen LogP contribution is 2.24. The van der Waals surface area contributed by atoms with E-state index in [0.717, 1.165) is 0 Å². The first-order valence-electron chi connectivity index (χ1n) is 5.67. The fourth-order valence-electron chi connectivity index (χ4n) is 1.56. The van der Waals surface area contributed by atoms with Crippen LogP contribution in [0, 0.1) is 6.92 Å². The van der Waals surface area contributed by atoms with Crippen molar-refractivity contribution in [1.82, 2.24) is 5.32 Å². The molecule has 118 valence electrons. The molecule has 0 spiro atoms. The maximum Gasteiger partial charge on any atom is 0.277 e.